The van der Waals surface area contributed by atoms with Crippen molar-refractivity contribution in [1.82, 2.24) is 14.7 Å². The Morgan fingerprint density at radius 1 is 1.06 bits per heavy atom. The summed E-state index contributed by atoms with van der Waals surface area (Å²) in [6.07, 6.45) is 8.90. The minimum absolute atomic E-state index is 0.0298. The second-order valence-corrected chi connectivity index (χ2v) is 8.97. The van der Waals surface area contributed by atoms with Crippen molar-refractivity contribution in [2.75, 3.05) is 58.4 Å². The Morgan fingerprint density at radius 3 is 2.48 bits per heavy atom. The highest BCUT2D eigenvalue weighted by Gasteiger charge is 2.35. The molecule has 0 saturated carbocycles. The first kappa shape index (κ1) is 21.7. The first-order chi connectivity index (χ1) is 15.0. The Bertz CT molecular complexity index is 840. The van der Waals surface area contributed by atoms with Crippen LogP contribution in [0.5, 0.6) is 0 Å². The molecule has 0 bridgehead atoms. The molecule has 166 valence electrons. The number of carbonyl (C=O) groups is 2. The van der Waals surface area contributed by atoms with Crippen LogP contribution in [0.25, 0.3) is 0 Å². The Labute approximate surface area is 185 Å². The van der Waals surface area contributed by atoms with E-state index in [0.29, 0.717) is 5.56 Å². The van der Waals surface area contributed by atoms with Crippen molar-refractivity contribution < 1.29 is 9.59 Å². The number of rotatable bonds is 6. The SMILES string of the molecule is CN(C)CCCN1CCN(C(=O)c2ccc(N3N=CC4CC=CCC4C3=O)cc2)CC1. The van der Waals surface area contributed by atoms with Gasteiger partial charge in [0.15, 0.2) is 0 Å². The third-order valence-corrected chi connectivity index (χ3v) is 6.48. The fraction of sp³-hybridized carbons (Fsp3) is 0.542. The number of allylic oxidation sites excluding steroid dienone is 2. The topological polar surface area (TPSA) is 59.5 Å². The summed E-state index contributed by atoms with van der Waals surface area (Å²) in [5.74, 6) is 0.278. The van der Waals surface area contributed by atoms with Crippen molar-refractivity contribution in [1.29, 1.82) is 0 Å². The maximum atomic E-state index is 12.9. The van der Waals surface area contributed by atoms with Crippen molar-refractivity contribution in [3.63, 3.8) is 0 Å². The van der Waals surface area contributed by atoms with Gasteiger partial charge in [-0.15, -0.1) is 0 Å². The highest BCUT2D eigenvalue weighted by molar-refractivity contribution is 6.00. The molecule has 4 rings (SSSR count). The third-order valence-electron chi connectivity index (χ3n) is 6.48. The second kappa shape index (κ2) is 9.75. The smallest absolute Gasteiger partial charge is 0.253 e. The van der Waals surface area contributed by atoms with Crippen LogP contribution in [0.3, 0.4) is 0 Å². The first-order valence-electron chi connectivity index (χ1n) is 11.3. The van der Waals surface area contributed by atoms with Crippen LogP contribution in [0.15, 0.2) is 41.5 Å². The summed E-state index contributed by atoms with van der Waals surface area (Å²) < 4.78 is 0. The molecule has 1 aromatic carbocycles. The molecule has 1 aromatic rings. The van der Waals surface area contributed by atoms with Crippen molar-refractivity contribution in [3.05, 3.63) is 42.0 Å². The third kappa shape index (κ3) is 5.05. The summed E-state index contributed by atoms with van der Waals surface area (Å²) in [4.78, 5) is 32.4. The van der Waals surface area contributed by atoms with Gasteiger partial charge in [0, 0.05) is 43.9 Å². The molecule has 0 spiro atoms. The normalized spacial score (nSPS) is 24.0. The molecule has 2 amide bonds. The van der Waals surface area contributed by atoms with Crippen LogP contribution < -0.4 is 5.01 Å². The molecule has 0 aromatic heterocycles. The van der Waals surface area contributed by atoms with E-state index in [0.717, 1.165) is 64.2 Å². The highest BCUT2D eigenvalue weighted by Crippen LogP contribution is 2.31. The van der Waals surface area contributed by atoms with Crippen LogP contribution in [-0.4, -0.2) is 86.1 Å². The molecular formula is C24H33N5O2. The van der Waals surface area contributed by atoms with Gasteiger partial charge in [-0.1, -0.05) is 12.2 Å². The van der Waals surface area contributed by atoms with Gasteiger partial charge in [-0.25, -0.2) is 5.01 Å². The van der Waals surface area contributed by atoms with Crippen LogP contribution in [0.1, 0.15) is 29.6 Å². The molecule has 2 unspecified atom stereocenters. The van der Waals surface area contributed by atoms with E-state index in [-0.39, 0.29) is 23.7 Å². The maximum Gasteiger partial charge on any atom is 0.253 e. The molecule has 2 heterocycles. The molecule has 2 aliphatic heterocycles. The fourth-order valence-corrected chi connectivity index (χ4v) is 4.56. The minimum Gasteiger partial charge on any atom is -0.336 e. The van der Waals surface area contributed by atoms with E-state index in [1.807, 2.05) is 35.4 Å². The van der Waals surface area contributed by atoms with Crippen molar-refractivity contribution in [2.24, 2.45) is 16.9 Å². The predicted molar refractivity (Wildman–Crippen MR) is 123 cm³/mol. The summed E-state index contributed by atoms with van der Waals surface area (Å²) >= 11 is 0. The van der Waals surface area contributed by atoms with Gasteiger partial charge in [0.2, 0.25) is 0 Å². The summed E-state index contributed by atoms with van der Waals surface area (Å²) in [6.45, 7) is 5.53. The van der Waals surface area contributed by atoms with Gasteiger partial charge in [0.05, 0.1) is 11.6 Å². The summed E-state index contributed by atoms with van der Waals surface area (Å²) in [5.41, 5.74) is 1.38. The second-order valence-electron chi connectivity index (χ2n) is 8.97. The van der Waals surface area contributed by atoms with E-state index in [4.69, 9.17) is 0 Å². The number of hydrogen-bond donors (Lipinski definition) is 0. The van der Waals surface area contributed by atoms with Crippen LogP contribution >= 0.6 is 0 Å². The molecular weight excluding hydrogens is 390 g/mol. The number of piperazine rings is 1. The number of benzene rings is 1. The Balaban J connectivity index is 1.32. The zero-order chi connectivity index (χ0) is 21.8. The summed E-state index contributed by atoms with van der Waals surface area (Å²) in [6, 6.07) is 7.30. The van der Waals surface area contributed by atoms with Crippen LogP contribution in [0.2, 0.25) is 0 Å². The molecule has 1 fully saturated rings. The Kier molecular flexibility index (Phi) is 6.83. The van der Waals surface area contributed by atoms with Crippen molar-refractivity contribution in [2.45, 2.75) is 19.3 Å². The molecule has 7 nitrogen and oxygen atoms in total. The molecule has 1 saturated heterocycles. The molecule has 7 heteroatoms. The Morgan fingerprint density at radius 2 is 1.77 bits per heavy atom. The lowest BCUT2D eigenvalue weighted by Gasteiger charge is -2.35. The lowest BCUT2D eigenvalue weighted by Crippen LogP contribution is -2.49. The number of anilines is 1. The van der Waals surface area contributed by atoms with Gasteiger partial charge < -0.3 is 9.80 Å². The largest absolute Gasteiger partial charge is 0.336 e. The van der Waals surface area contributed by atoms with E-state index in [2.05, 4.69) is 41.1 Å². The molecule has 1 aliphatic carbocycles. The average Bonchev–Trinajstić information content (AvgIpc) is 2.79. The van der Waals surface area contributed by atoms with E-state index in [1.54, 1.807) is 0 Å². The monoisotopic (exact) mass is 423 g/mol. The van der Waals surface area contributed by atoms with Gasteiger partial charge in [0.1, 0.15) is 0 Å². The van der Waals surface area contributed by atoms with Crippen LogP contribution in [-0.2, 0) is 4.79 Å². The minimum atomic E-state index is -0.0298. The predicted octanol–water partition coefficient (Wildman–Crippen LogP) is 2.31. The quantitative estimate of drug-likeness (QED) is 0.659. The van der Waals surface area contributed by atoms with Gasteiger partial charge in [-0.2, -0.15) is 5.10 Å². The fourth-order valence-electron chi connectivity index (χ4n) is 4.56. The molecule has 0 radical (unpaired) electrons. The van der Waals surface area contributed by atoms with Gasteiger partial charge >= 0.3 is 0 Å². The van der Waals surface area contributed by atoms with E-state index < -0.39 is 0 Å². The molecule has 0 N–H and O–H groups in total. The summed E-state index contributed by atoms with van der Waals surface area (Å²) in [5, 5.41) is 5.88. The lowest BCUT2D eigenvalue weighted by molar-refractivity contribution is -0.123. The van der Waals surface area contributed by atoms with Crippen molar-refractivity contribution >= 4 is 23.7 Å². The van der Waals surface area contributed by atoms with Gasteiger partial charge in [0.25, 0.3) is 11.8 Å². The first-order valence-corrected chi connectivity index (χ1v) is 11.3. The lowest BCUT2D eigenvalue weighted by atomic mass is 9.82. The van der Waals surface area contributed by atoms with E-state index in [9.17, 15) is 9.59 Å². The van der Waals surface area contributed by atoms with Gasteiger partial charge in [-0.3, -0.25) is 14.5 Å². The van der Waals surface area contributed by atoms with Crippen LogP contribution in [0.4, 0.5) is 5.69 Å². The number of nitrogens with zero attached hydrogens (tertiary/aromatic N) is 5. The Hall–Kier alpha value is -2.51. The highest BCUT2D eigenvalue weighted by atomic mass is 16.2. The number of amides is 2. The zero-order valence-corrected chi connectivity index (χ0v) is 18.6. The zero-order valence-electron chi connectivity index (χ0n) is 18.6. The number of hydrazone groups is 1. The van der Waals surface area contributed by atoms with Crippen LogP contribution in [0, 0.1) is 11.8 Å². The van der Waals surface area contributed by atoms with Gasteiger partial charge in [-0.05, 0) is 70.7 Å². The summed E-state index contributed by atoms with van der Waals surface area (Å²) in [7, 11) is 4.19. The standard InChI is InChI=1S/C24H33N5O2/c1-26(2)12-5-13-27-14-16-28(17-15-27)23(30)19-8-10-21(11-9-19)29-24(31)22-7-4-3-6-20(22)18-25-29/h3-4,8-11,18,20,22H,5-7,12-17H2,1-2H3. The number of hydrogen-bond acceptors (Lipinski definition) is 5. The maximum absolute atomic E-state index is 12.9. The number of fused-ring (bicyclic) bond motifs is 1. The molecule has 3 aliphatic rings. The van der Waals surface area contributed by atoms with E-state index >= 15 is 0 Å². The molecule has 2 atom stereocenters. The van der Waals surface area contributed by atoms with Crippen molar-refractivity contribution in [3.8, 4) is 0 Å². The van der Waals surface area contributed by atoms with E-state index in [1.165, 1.54) is 5.01 Å². The number of carbonyl (C=O) groups excluding carboxylic acids is 2. The molecule has 31 heavy (non-hydrogen) atoms. The average molecular weight is 424 g/mol.